The highest BCUT2D eigenvalue weighted by atomic mass is 14.7. The number of hydrogen-bond acceptors (Lipinski definition) is 2. The minimum absolute atomic E-state index is 0.267. The molecule has 0 aliphatic heterocycles. The van der Waals surface area contributed by atoms with E-state index >= 15 is 0 Å². The average molecular weight is 232 g/mol. The van der Waals surface area contributed by atoms with Crippen LogP contribution >= 0.6 is 0 Å². The monoisotopic (exact) mass is 232 g/mol. The molecule has 1 saturated carbocycles. The molecule has 0 bridgehead atoms. The maximum absolute atomic E-state index is 6.49. The summed E-state index contributed by atoms with van der Waals surface area (Å²) in [7, 11) is 0. The second kappa shape index (κ2) is 5.18. The van der Waals surface area contributed by atoms with E-state index in [2.05, 4.69) is 24.9 Å². The summed E-state index contributed by atoms with van der Waals surface area (Å²) in [5, 5.41) is 0. The number of aromatic nitrogens is 1. The molecule has 94 valence electrons. The van der Waals surface area contributed by atoms with Gasteiger partial charge in [0.2, 0.25) is 0 Å². The predicted molar refractivity (Wildman–Crippen MR) is 71.8 cm³/mol. The first kappa shape index (κ1) is 12.6. The molecule has 1 aromatic heterocycles. The highest BCUT2D eigenvalue weighted by Crippen LogP contribution is 2.43. The third-order valence-corrected chi connectivity index (χ3v) is 4.62. The fourth-order valence-corrected chi connectivity index (χ4v) is 3.22. The lowest BCUT2D eigenvalue weighted by atomic mass is 9.75. The van der Waals surface area contributed by atoms with E-state index in [0.29, 0.717) is 5.41 Å². The normalized spacial score (nSPS) is 20.4. The Kier molecular flexibility index (Phi) is 3.82. The fourth-order valence-electron chi connectivity index (χ4n) is 3.22. The van der Waals surface area contributed by atoms with Gasteiger partial charge in [0, 0.05) is 24.4 Å². The zero-order valence-electron chi connectivity index (χ0n) is 11.1. The highest BCUT2D eigenvalue weighted by Gasteiger charge is 2.37. The van der Waals surface area contributed by atoms with Crippen LogP contribution in [0.15, 0.2) is 18.3 Å². The van der Waals surface area contributed by atoms with Crippen LogP contribution in [-0.2, 0) is 6.42 Å². The van der Waals surface area contributed by atoms with Crippen molar-refractivity contribution in [3.8, 4) is 0 Å². The van der Waals surface area contributed by atoms with Gasteiger partial charge in [0.05, 0.1) is 0 Å². The molecule has 1 fully saturated rings. The zero-order valence-corrected chi connectivity index (χ0v) is 11.1. The molecule has 17 heavy (non-hydrogen) atoms. The highest BCUT2D eigenvalue weighted by molar-refractivity contribution is 5.19. The number of rotatable bonds is 4. The zero-order chi connectivity index (χ0) is 12.3. The standard InChI is InChI=1S/C15H24N2/c1-3-15(8-4-5-9-15)14(16)11-13-12(2)7-6-10-17-13/h6-7,10,14H,3-5,8-9,11,16H2,1-2H3. The molecule has 1 aromatic rings. The van der Waals surface area contributed by atoms with Crippen molar-refractivity contribution in [3.63, 3.8) is 0 Å². The minimum Gasteiger partial charge on any atom is -0.327 e. The Hall–Kier alpha value is -0.890. The van der Waals surface area contributed by atoms with Gasteiger partial charge in [-0.25, -0.2) is 0 Å². The Labute approximate surface area is 105 Å². The Morgan fingerprint density at radius 3 is 2.71 bits per heavy atom. The summed E-state index contributed by atoms with van der Waals surface area (Å²) in [5.41, 5.74) is 9.32. The lowest BCUT2D eigenvalue weighted by Crippen LogP contribution is -2.41. The quantitative estimate of drug-likeness (QED) is 0.865. The van der Waals surface area contributed by atoms with Gasteiger partial charge >= 0.3 is 0 Å². The molecular formula is C15H24N2. The SMILES string of the molecule is CCC1(C(N)Cc2ncccc2C)CCCC1. The third kappa shape index (κ3) is 2.52. The molecule has 1 heterocycles. The molecule has 1 unspecified atom stereocenters. The number of pyridine rings is 1. The predicted octanol–water partition coefficient (Wildman–Crippen LogP) is 3.23. The smallest absolute Gasteiger partial charge is 0.0448 e. The van der Waals surface area contributed by atoms with Gasteiger partial charge in [-0.05, 0) is 43.2 Å². The van der Waals surface area contributed by atoms with Crippen molar-refractivity contribution in [1.29, 1.82) is 0 Å². The van der Waals surface area contributed by atoms with Crippen LogP contribution < -0.4 is 5.73 Å². The van der Waals surface area contributed by atoms with E-state index in [1.165, 1.54) is 43.4 Å². The van der Waals surface area contributed by atoms with Crippen LogP contribution in [-0.4, -0.2) is 11.0 Å². The Morgan fingerprint density at radius 2 is 2.12 bits per heavy atom. The lowest BCUT2D eigenvalue weighted by molar-refractivity contribution is 0.217. The van der Waals surface area contributed by atoms with Crippen LogP contribution in [0.2, 0.25) is 0 Å². The van der Waals surface area contributed by atoms with Crippen molar-refractivity contribution < 1.29 is 0 Å². The van der Waals surface area contributed by atoms with Crippen LogP contribution in [0.1, 0.15) is 50.3 Å². The van der Waals surface area contributed by atoms with E-state index in [1.807, 2.05) is 12.3 Å². The van der Waals surface area contributed by atoms with E-state index in [4.69, 9.17) is 5.73 Å². The van der Waals surface area contributed by atoms with Gasteiger partial charge in [0.25, 0.3) is 0 Å². The van der Waals surface area contributed by atoms with Gasteiger partial charge < -0.3 is 5.73 Å². The number of nitrogens with zero attached hydrogens (tertiary/aromatic N) is 1. The summed E-state index contributed by atoms with van der Waals surface area (Å²) in [5.74, 6) is 0. The van der Waals surface area contributed by atoms with Crippen molar-refractivity contribution in [2.45, 2.75) is 58.4 Å². The maximum Gasteiger partial charge on any atom is 0.0448 e. The molecule has 0 aromatic carbocycles. The molecule has 2 heteroatoms. The molecule has 2 N–H and O–H groups in total. The maximum atomic E-state index is 6.49. The molecule has 1 aliphatic carbocycles. The van der Waals surface area contributed by atoms with Crippen LogP contribution in [0.3, 0.4) is 0 Å². The summed E-state index contributed by atoms with van der Waals surface area (Å²) in [6.45, 7) is 4.42. The van der Waals surface area contributed by atoms with E-state index < -0.39 is 0 Å². The molecule has 0 radical (unpaired) electrons. The van der Waals surface area contributed by atoms with Crippen molar-refractivity contribution >= 4 is 0 Å². The van der Waals surface area contributed by atoms with Gasteiger partial charge in [-0.2, -0.15) is 0 Å². The molecule has 1 aliphatic rings. The van der Waals surface area contributed by atoms with Crippen LogP contribution in [0.4, 0.5) is 0 Å². The molecular weight excluding hydrogens is 208 g/mol. The van der Waals surface area contributed by atoms with Crippen molar-refractivity contribution in [1.82, 2.24) is 4.98 Å². The first-order chi connectivity index (χ1) is 8.18. The molecule has 1 atom stereocenters. The van der Waals surface area contributed by atoms with E-state index in [0.717, 1.165) is 6.42 Å². The Balaban J connectivity index is 2.10. The fraction of sp³-hybridized carbons (Fsp3) is 0.667. The minimum atomic E-state index is 0.267. The average Bonchev–Trinajstić information content (AvgIpc) is 2.82. The van der Waals surface area contributed by atoms with Gasteiger partial charge in [0.1, 0.15) is 0 Å². The number of nitrogens with two attached hydrogens (primary N) is 1. The van der Waals surface area contributed by atoms with Gasteiger partial charge in [-0.1, -0.05) is 25.8 Å². The molecule has 0 amide bonds. The number of aryl methyl sites for hydroxylation is 1. The van der Waals surface area contributed by atoms with E-state index in [1.54, 1.807) is 0 Å². The Bertz CT molecular complexity index is 367. The lowest BCUT2D eigenvalue weighted by Gasteiger charge is -2.34. The summed E-state index contributed by atoms with van der Waals surface area (Å²) < 4.78 is 0. The van der Waals surface area contributed by atoms with Gasteiger partial charge in [-0.15, -0.1) is 0 Å². The third-order valence-electron chi connectivity index (χ3n) is 4.62. The van der Waals surface area contributed by atoms with E-state index in [-0.39, 0.29) is 6.04 Å². The first-order valence-electron chi connectivity index (χ1n) is 6.84. The molecule has 0 saturated heterocycles. The van der Waals surface area contributed by atoms with Crippen LogP contribution in [0.25, 0.3) is 0 Å². The van der Waals surface area contributed by atoms with Crippen LogP contribution in [0, 0.1) is 12.3 Å². The van der Waals surface area contributed by atoms with Crippen molar-refractivity contribution in [2.24, 2.45) is 11.1 Å². The summed E-state index contributed by atoms with van der Waals surface area (Å²) in [6, 6.07) is 4.39. The topological polar surface area (TPSA) is 38.9 Å². The van der Waals surface area contributed by atoms with Crippen LogP contribution in [0.5, 0.6) is 0 Å². The van der Waals surface area contributed by atoms with Crippen molar-refractivity contribution in [2.75, 3.05) is 0 Å². The van der Waals surface area contributed by atoms with E-state index in [9.17, 15) is 0 Å². The second-order valence-electron chi connectivity index (χ2n) is 5.50. The summed E-state index contributed by atoms with van der Waals surface area (Å²) in [6.07, 6.45) is 9.32. The molecule has 2 rings (SSSR count). The van der Waals surface area contributed by atoms with Crippen molar-refractivity contribution in [3.05, 3.63) is 29.6 Å². The summed E-state index contributed by atoms with van der Waals surface area (Å²) >= 11 is 0. The Morgan fingerprint density at radius 1 is 1.41 bits per heavy atom. The molecule has 2 nitrogen and oxygen atoms in total. The number of hydrogen-bond donors (Lipinski definition) is 1. The molecule has 0 spiro atoms. The first-order valence-corrected chi connectivity index (χ1v) is 6.84. The van der Waals surface area contributed by atoms with Gasteiger partial charge in [-0.3, -0.25) is 4.98 Å². The second-order valence-corrected chi connectivity index (χ2v) is 5.50. The summed E-state index contributed by atoms with van der Waals surface area (Å²) in [4.78, 5) is 4.48. The largest absolute Gasteiger partial charge is 0.327 e. The van der Waals surface area contributed by atoms with Gasteiger partial charge in [0.15, 0.2) is 0 Å².